The van der Waals surface area contributed by atoms with E-state index in [4.69, 9.17) is 4.74 Å². The number of amides is 1. The summed E-state index contributed by atoms with van der Waals surface area (Å²) >= 11 is 0. The van der Waals surface area contributed by atoms with Crippen LogP contribution in [0.1, 0.15) is 51.0 Å². The van der Waals surface area contributed by atoms with E-state index < -0.39 is 0 Å². The summed E-state index contributed by atoms with van der Waals surface area (Å²) in [6.45, 7) is 2.19. The Morgan fingerprint density at radius 1 is 1.18 bits per heavy atom. The van der Waals surface area contributed by atoms with Crippen molar-refractivity contribution in [3.8, 4) is 0 Å². The first-order valence-electron chi connectivity index (χ1n) is 8.14. The summed E-state index contributed by atoms with van der Waals surface area (Å²) in [6, 6.07) is 9.98. The highest BCUT2D eigenvalue weighted by Crippen LogP contribution is 2.33. The number of esters is 1. The monoisotopic (exact) mass is 303 g/mol. The highest BCUT2D eigenvalue weighted by atomic mass is 16.5. The van der Waals surface area contributed by atoms with Gasteiger partial charge >= 0.3 is 5.97 Å². The van der Waals surface area contributed by atoms with E-state index in [1.54, 1.807) is 6.92 Å². The van der Waals surface area contributed by atoms with Gasteiger partial charge in [0.1, 0.15) is 0 Å². The Hall–Kier alpha value is -1.84. The maximum Gasteiger partial charge on any atom is 0.308 e. The van der Waals surface area contributed by atoms with Crippen molar-refractivity contribution < 1.29 is 14.3 Å². The first-order valence-corrected chi connectivity index (χ1v) is 8.14. The maximum atomic E-state index is 12.3. The topological polar surface area (TPSA) is 55.4 Å². The van der Waals surface area contributed by atoms with E-state index in [9.17, 15) is 9.59 Å². The molecule has 1 N–H and O–H groups in total. The van der Waals surface area contributed by atoms with Crippen molar-refractivity contribution in [3.63, 3.8) is 0 Å². The van der Waals surface area contributed by atoms with Gasteiger partial charge in [-0.1, -0.05) is 43.2 Å². The lowest BCUT2D eigenvalue weighted by atomic mass is 9.92. The lowest BCUT2D eigenvalue weighted by Crippen LogP contribution is -2.48. The number of hydrogen-bond donors (Lipinski definition) is 1. The summed E-state index contributed by atoms with van der Waals surface area (Å²) in [7, 11) is 0. The Labute approximate surface area is 132 Å². The number of benzene rings is 1. The van der Waals surface area contributed by atoms with E-state index in [0.29, 0.717) is 13.0 Å². The molecule has 4 nitrogen and oxygen atoms in total. The van der Waals surface area contributed by atoms with Gasteiger partial charge in [-0.25, -0.2) is 0 Å². The summed E-state index contributed by atoms with van der Waals surface area (Å²) in [5, 5.41) is 3.11. The molecule has 0 aliphatic heterocycles. The highest BCUT2D eigenvalue weighted by molar-refractivity contribution is 5.79. The Morgan fingerprint density at radius 2 is 1.86 bits per heavy atom. The predicted octanol–water partition coefficient (Wildman–Crippen LogP) is 3.00. The molecule has 0 heterocycles. The molecular weight excluding hydrogens is 278 g/mol. The Bertz CT molecular complexity index is 492. The number of nitrogens with one attached hydrogen (secondary N) is 1. The van der Waals surface area contributed by atoms with Crippen LogP contribution in [0, 0.1) is 0 Å². The molecule has 0 aromatic heterocycles. The first kappa shape index (κ1) is 16.5. The van der Waals surface area contributed by atoms with Crippen molar-refractivity contribution in [2.24, 2.45) is 0 Å². The fraction of sp³-hybridized carbons (Fsp3) is 0.556. The second kappa shape index (κ2) is 7.97. The number of rotatable bonds is 7. The third kappa shape index (κ3) is 4.86. The maximum absolute atomic E-state index is 12.3. The van der Waals surface area contributed by atoms with Crippen LogP contribution >= 0.6 is 0 Å². The van der Waals surface area contributed by atoms with Crippen LogP contribution in [0.2, 0.25) is 0 Å². The second-order valence-corrected chi connectivity index (χ2v) is 6.00. The van der Waals surface area contributed by atoms with Crippen LogP contribution in [0.5, 0.6) is 0 Å². The predicted molar refractivity (Wildman–Crippen MR) is 85.4 cm³/mol. The minimum absolute atomic E-state index is 0.0232. The van der Waals surface area contributed by atoms with E-state index >= 15 is 0 Å². The Kier molecular flexibility index (Phi) is 5.99. The highest BCUT2D eigenvalue weighted by Gasteiger charge is 2.37. The molecule has 1 aliphatic carbocycles. The number of ether oxygens (including phenoxy) is 1. The lowest BCUT2D eigenvalue weighted by Gasteiger charge is -2.29. The molecule has 120 valence electrons. The zero-order valence-corrected chi connectivity index (χ0v) is 13.3. The average molecular weight is 303 g/mol. The molecule has 1 aromatic carbocycles. The number of hydrogen-bond acceptors (Lipinski definition) is 3. The fourth-order valence-corrected chi connectivity index (χ4v) is 3.15. The SMILES string of the molecule is CCOC(=O)CC1(NC(=O)CCc2ccccc2)CCCC1. The van der Waals surface area contributed by atoms with E-state index in [1.807, 2.05) is 30.3 Å². The van der Waals surface area contributed by atoms with Crippen molar-refractivity contribution in [2.75, 3.05) is 6.61 Å². The van der Waals surface area contributed by atoms with Gasteiger partial charge in [0.25, 0.3) is 0 Å². The minimum Gasteiger partial charge on any atom is -0.466 e. The smallest absolute Gasteiger partial charge is 0.308 e. The third-order valence-electron chi connectivity index (χ3n) is 4.24. The van der Waals surface area contributed by atoms with E-state index in [-0.39, 0.29) is 23.8 Å². The number of carbonyl (C=O) groups is 2. The van der Waals surface area contributed by atoms with Gasteiger partial charge in [-0.15, -0.1) is 0 Å². The fourth-order valence-electron chi connectivity index (χ4n) is 3.15. The Balaban J connectivity index is 1.87. The van der Waals surface area contributed by atoms with Gasteiger partial charge in [-0.3, -0.25) is 9.59 Å². The zero-order valence-electron chi connectivity index (χ0n) is 13.3. The van der Waals surface area contributed by atoms with Gasteiger partial charge in [0.15, 0.2) is 0 Å². The Morgan fingerprint density at radius 3 is 2.50 bits per heavy atom. The first-order chi connectivity index (χ1) is 10.6. The summed E-state index contributed by atoms with van der Waals surface area (Å²) in [5.41, 5.74) is 0.767. The van der Waals surface area contributed by atoms with Crippen LogP contribution in [0.25, 0.3) is 0 Å². The zero-order chi connectivity index (χ0) is 15.8. The summed E-state index contributed by atoms with van der Waals surface area (Å²) in [5.74, 6) is -0.192. The van der Waals surface area contributed by atoms with Crippen molar-refractivity contribution in [3.05, 3.63) is 35.9 Å². The van der Waals surface area contributed by atoms with Gasteiger partial charge in [-0.2, -0.15) is 0 Å². The molecule has 0 bridgehead atoms. The molecule has 0 radical (unpaired) electrons. The van der Waals surface area contributed by atoms with Crippen molar-refractivity contribution in [2.45, 2.75) is 57.4 Å². The van der Waals surface area contributed by atoms with Crippen LogP contribution in [-0.2, 0) is 20.7 Å². The molecule has 22 heavy (non-hydrogen) atoms. The summed E-state index contributed by atoms with van der Waals surface area (Å²) < 4.78 is 5.05. The van der Waals surface area contributed by atoms with E-state index in [1.165, 1.54) is 0 Å². The molecule has 2 rings (SSSR count). The van der Waals surface area contributed by atoms with Gasteiger partial charge in [-0.05, 0) is 31.7 Å². The van der Waals surface area contributed by atoms with Crippen LogP contribution in [-0.4, -0.2) is 24.0 Å². The van der Waals surface area contributed by atoms with E-state index in [2.05, 4.69) is 5.32 Å². The minimum atomic E-state index is -0.389. The normalized spacial score (nSPS) is 16.2. The number of aryl methyl sites for hydroxylation is 1. The molecule has 0 atom stereocenters. The van der Waals surface area contributed by atoms with E-state index in [0.717, 1.165) is 37.7 Å². The van der Waals surface area contributed by atoms with Crippen LogP contribution in [0.15, 0.2) is 30.3 Å². The molecule has 4 heteroatoms. The summed E-state index contributed by atoms with van der Waals surface area (Å²) in [4.78, 5) is 24.0. The molecule has 1 amide bonds. The molecule has 1 aromatic rings. The average Bonchev–Trinajstić information content (AvgIpc) is 2.94. The lowest BCUT2D eigenvalue weighted by molar-refractivity contribution is -0.145. The molecule has 1 fully saturated rings. The van der Waals surface area contributed by atoms with Crippen molar-refractivity contribution >= 4 is 11.9 Å². The van der Waals surface area contributed by atoms with Crippen LogP contribution < -0.4 is 5.32 Å². The van der Waals surface area contributed by atoms with Crippen molar-refractivity contribution in [1.29, 1.82) is 0 Å². The largest absolute Gasteiger partial charge is 0.466 e. The van der Waals surface area contributed by atoms with Gasteiger partial charge in [0.2, 0.25) is 5.91 Å². The van der Waals surface area contributed by atoms with Crippen LogP contribution in [0.4, 0.5) is 0 Å². The van der Waals surface area contributed by atoms with Crippen molar-refractivity contribution in [1.82, 2.24) is 5.32 Å². The molecule has 0 spiro atoms. The molecule has 1 saturated carbocycles. The molecule has 0 saturated heterocycles. The van der Waals surface area contributed by atoms with Gasteiger partial charge < -0.3 is 10.1 Å². The third-order valence-corrected chi connectivity index (χ3v) is 4.24. The van der Waals surface area contributed by atoms with Gasteiger partial charge in [0.05, 0.1) is 18.6 Å². The quantitative estimate of drug-likeness (QED) is 0.788. The number of carbonyl (C=O) groups excluding carboxylic acids is 2. The standard InChI is InChI=1S/C18H25NO3/c1-2-22-17(21)14-18(12-6-7-13-18)19-16(20)11-10-15-8-4-3-5-9-15/h3-5,8-9H,2,6-7,10-14H2,1H3,(H,19,20). The second-order valence-electron chi connectivity index (χ2n) is 6.00. The van der Waals surface area contributed by atoms with Crippen LogP contribution in [0.3, 0.4) is 0 Å². The molecule has 0 unspecified atom stereocenters. The molecular formula is C18H25NO3. The molecule has 1 aliphatic rings. The summed E-state index contributed by atoms with van der Waals surface area (Å²) in [6.07, 6.45) is 5.30. The van der Waals surface area contributed by atoms with Gasteiger partial charge in [0, 0.05) is 6.42 Å².